The minimum atomic E-state index is -4.26. The van der Waals surface area contributed by atoms with E-state index in [1.54, 1.807) is 31.2 Å². The Morgan fingerprint density at radius 1 is 0.951 bits per heavy atom. The van der Waals surface area contributed by atoms with E-state index >= 15 is 0 Å². The molecule has 0 aliphatic carbocycles. The normalized spacial score (nSPS) is 12.0. The molecule has 0 aliphatic heterocycles. The van der Waals surface area contributed by atoms with E-state index in [0.29, 0.717) is 5.75 Å². The van der Waals surface area contributed by atoms with Crippen LogP contribution < -0.4 is 19.1 Å². The molecule has 0 fully saturated rings. The quantitative estimate of drug-likeness (QED) is 0.300. The maximum atomic E-state index is 14.1. The number of benzene rings is 3. The van der Waals surface area contributed by atoms with E-state index in [-0.39, 0.29) is 34.8 Å². The summed E-state index contributed by atoms with van der Waals surface area (Å²) in [7, 11) is -1.38. The fourth-order valence-corrected chi connectivity index (χ4v) is 6.03. The lowest BCUT2D eigenvalue weighted by molar-refractivity contribution is -0.139. The van der Waals surface area contributed by atoms with Crippen LogP contribution in [0, 0.1) is 6.92 Å². The van der Waals surface area contributed by atoms with E-state index < -0.39 is 28.5 Å². The van der Waals surface area contributed by atoms with Crippen molar-refractivity contribution in [1.29, 1.82) is 0 Å². The van der Waals surface area contributed by atoms with Gasteiger partial charge in [-0.2, -0.15) is 0 Å². The molecular formula is C30H36BrN3O6S. The monoisotopic (exact) mass is 645 g/mol. The Hall–Kier alpha value is -3.57. The summed E-state index contributed by atoms with van der Waals surface area (Å²) < 4.78 is 40.9. The van der Waals surface area contributed by atoms with Gasteiger partial charge in [0.15, 0.2) is 0 Å². The number of rotatable bonds is 12. The number of amides is 2. The number of nitrogens with zero attached hydrogens (tertiary/aromatic N) is 2. The van der Waals surface area contributed by atoms with Gasteiger partial charge in [-0.25, -0.2) is 8.42 Å². The van der Waals surface area contributed by atoms with Crippen LogP contribution in [0.4, 0.5) is 5.69 Å². The van der Waals surface area contributed by atoms with Crippen molar-refractivity contribution in [3.05, 3.63) is 82.3 Å². The van der Waals surface area contributed by atoms with E-state index in [9.17, 15) is 18.0 Å². The second-order valence-corrected chi connectivity index (χ2v) is 12.6. The fraction of sp³-hybridized carbons (Fsp3) is 0.333. The van der Waals surface area contributed by atoms with Crippen LogP contribution in [0.15, 0.2) is 76.1 Å². The van der Waals surface area contributed by atoms with E-state index in [1.807, 2.05) is 45.0 Å². The zero-order valence-electron chi connectivity index (χ0n) is 24.0. The van der Waals surface area contributed by atoms with Gasteiger partial charge in [0.05, 0.1) is 24.8 Å². The molecule has 0 radical (unpaired) electrons. The average molecular weight is 647 g/mol. The molecule has 3 rings (SSSR count). The third-order valence-corrected chi connectivity index (χ3v) is 8.65. The van der Waals surface area contributed by atoms with Crippen LogP contribution in [0.2, 0.25) is 0 Å². The van der Waals surface area contributed by atoms with E-state index in [0.717, 1.165) is 19.9 Å². The summed E-state index contributed by atoms with van der Waals surface area (Å²) in [5.74, 6) is -0.307. The molecule has 11 heteroatoms. The highest BCUT2D eigenvalue weighted by molar-refractivity contribution is 9.10. The Balaban J connectivity index is 2.13. The van der Waals surface area contributed by atoms with Crippen LogP contribution >= 0.6 is 15.9 Å². The Bertz CT molecular complexity index is 1480. The molecule has 0 bridgehead atoms. The molecule has 1 unspecified atom stereocenters. The predicted molar refractivity (Wildman–Crippen MR) is 163 cm³/mol. The molecule has 3 aromatic carbocycles. The molecule has 0 spiro atoms. The van der Waals surface area contributed by atoms with Crippen LogP contribution in [0.25, 0.3) is 0 Å². The highest BCUT2D eigenvalue weighted by atomic mass is 79.9. The van der Waals surface area contributed by atoms with E-state index in [1.165, 1.54) is 37.3 Å². The second kappa shape index (κ2) is 13.9. The number of methoxy groups -OCH3 is 2. The van der Waals surface area contributed by atoms with Gasteiger partial charge in [-0.3, -0.25) is 13.9 Å². The predicted octanol–water partition coefficient (Wildman–Crippen LogP) is 4.91. The Morgan fingerprint density at radius 3 is 2.22 bits per heavy atom. The average Bonchev–Trinajstić information content (AvgIpc) is 2.93. The molecule has 9 nitrogen and oxygen atoms in total. The molecule has 220 valence electrons. The van der Waals surface area contributed by atoms with Gasteiger partial charge in [0.2, 0.25) is 11.8 Å². The number of carbonyl (C=O) groups is 2. The summed E-state index contributed by atoms with van der Waals surface area (Å²) in [5.41, 5.74) is 1.78. The van der Waals surface area contributed by atoms with Crippen molar-refractivity contribution in [2.75, 3.05) is 25.1 Å². The van der Waals surface area contributed by atoms with Crippen molar-refractivity contribution in [3.8, 4) is 11.5 Å². The molecule has 0 aromatic heterocycles. The number of carbonyl (C=O) groups excluding carboxylic acids is 2. The summed E-state index contributed by atoms with van der Waals surface area (Å²) >= 11 is 3.45. The smallest absolute Gasteiger partial charge is 0.264 e. The molecule has 0 heterocycles. The number of ether oxygens (including phenoxy) is 2. The minimum Gasteiger partial charge on any atom is -0.497 e. The van der Waals surface area contributed by atoms with E-state index in [2.05, 4.69) is 21.2 Å². The molecule has 1 atom stereocenters. The van der Waals surface area contributed by atoms with Crippen molar-refractivity contribution in [2.45, 2.75) is 51.2 Å². The number of halogens is 1. The Morgan fingerprint density at radius 2 is 1.63 bits per heavy atom. The number of nitrogens with one attached hydrogen (secondary N) is 1. The first-order chi connectivity index (χ1) is 19.4. The number of hydrogen-bond donors (Lipinski definition) is 1. The third kappa shape index (κ3) is 8.01. The van der Waals surface area contributed by atoms with Gasteiger partial charge >= 0.3 is 0 Å². The first kappa shape index (κ1) is 32.0. The van der Waals surface area contributed by atoms with Gasteiger partial charge in [-0.15, -0.1) is 0 Å². The topological polar surface area (TPSA) is 105 Å². The van der Waals surface area contributed by atoms with Crippen LogP contribution in [-0.4, -0.2) is 58.0 Å². The first-order valence-electron chi connectivity index (χ1n) is 13.0. The molecule has 41 heavy (non-hydrogen) atoms. The van der Waals surface area contributed by atoms with Crippen LogP contribution in [0.3, 0.4) is 0 Å². The highest BCUT2D eigenvalue weighted by Crippen LogP contribution is 2.36. The standard InChI is InChI=1S/C30H36BrN3O6S/c1-20(2)32-30(36)22(4)33(18-23-8-7-9-24(31)16-23)29(35)19-34(27-17-25(39-5)12-15-28(27)40-6)41(37,38)26-13-10-21(3)11-14-26/h7-17,20,22H,18-19H2,1-6H3,(H,32,36). The van der Waals surface area contributed by atoms with Gasteiger partial charge in [0.1, 0.15) is 24.1 Å². The number of anilines is 1. The lowest BCUT2D eigenvalue weighted by Crippen LogP contribution is -2.52. The number of aryl methyl sites for hydroxylation is 1. The van der Waals surface area contributed by atoms with Crippen LogP contribution in [0.5, 0.6) is 11.5 Å². The third-order valence-electron chi connectivity index (χ3n) is 6.38. The van der Waals surface area contributed by atoms with Gasteiger partial charge in [0, 0.05) is 23.1 Å². The number of sulfonamides is 1. The molecular weight excluding hydrogens is 610 g/mol. The first-order valence-corrected chi connectivity index (χ1v) is 15.3. The van der Waals surface area contributed by atoms with Gasteiger partial charge in [-0.05, 0) is 69.7 Å². The van der Waals surface area contributed by atoms with Gasteiger partial charge in [-0.1, -0.05) is 45.8 Å². The molecule has 0 saturated heterocycles. The lowest BCUT2D eigenvalue weighted by Gasteiger charge is -2.32. The molecule has 0 aliphatic rings. The zero-order chi connectivity index (χ0) is 30.3. The number of hydrogen-bond acceptors (Lipinski definition) is 6. The fourth-order valence-electron chi connectivity index (χ4n) is 4.16. The molecule has 1 N–H and O–H groups in total. The van der Waals surface area contributed by atoms with Crippen molar-refractivity contribution < 1.29 is 27.5 Å². The largest absolute Gasteiger partial charge is 0.497 e. The van der Waals surface area contributed by atoms with Crippen LogP contribution in [-0.2, 0) is 26.2 Å². The molecule has 0 saturated carbocycles. The SMILES string of the molecule is COc1ccc(OC)c(N(CC(=O)N(Cc2cccc(Br)c2)C(C)C(=O)NC(C)C)S(=O)(=O)c2ccc(C)cc2)c1. The molecule has 2 amide bonds. The van der Waals surface area contributed by atoms with Crippen molar-refractivity contribution >= 4 is 43.5 Å². The van der Waals surface area contributed by atoms with Crippen LogP contribution in [0.1, 0.15) is 31.9 Å². The summed E-state index contributed by atoms with van der Waals surface area (Å²) in [6.45, 7) is 6.63. The minimum absolute atomic E-state index is 0.00455. The Kier molecular flexibility index (Phi) is 10.8. The summed E-state index contributed by atoms with van der Waals surface area (Å²) in [5, 5.41) is 2.84. The van der Waals surface area contributed by atoms with Crippen molar-refractivity contribution in [2.24, 2.45) is 0 Å². The van der Waals surface area contributed by atoms with Crippen molar-refractivity contribution in [3.63, 3.8) is 0 Å². The second-order valence-electron chi connectivity index (χ2n) is 9.85. The van der Waals surface area contributed by atoms with Gasteiger partial charge < -0.3 is 19.7 Å². The highest BCUT2D eigenvalue weighted by Gasteiger charge is 2.34. The lowest BCUT2D eigenvalue weighted by atomic mass is 10.1. The summed E-state index contributed by atoms with van der Waals surface area (Å²) in [6.07, 6.45) is 0. The van der Waals surface area contributed by atoms with E-state index in [4.69, 9.17) is 9.47 Å². The Labute approximate surface area is 250 Å². The summed E-state index contributed by atoms with van der Waals surface area (Å²) in [4.78, 5) is 28.5. The maximum absolute atomic E-state index is 14.1. The van der Waals surface area contributed by atoms with Gasteiger partial charge in [0.25, 0.3) is 10.0 Å². The van der Waals surface area contributed by atoms with Crippen molar-refractivity contribution in [1.82, 2.24) is 10.2 Å². The molecule has 3 aromatic rings. The summed E-state index contributed by atoms with van der Waals surface area (Å²) in [6, 6.07) is 17.4. The zero-order valence-corrected chi connectivity index (χ0v) is 26.5. The maximum Gasteiger partial charge on any atom is 0.264 e.